The lowest BCUT2D eigenvalue weighted by Crippen LogP contribution is -2.49. The Hall–Kier alpha value is -4.26. The van der Waals surface area contributed by atoms with Crippen molar-refractivity contribution in [3.63, 3.8) is 0 Å². The van der Waals surface area contributed by atoms with Gasteiger partial charge in [-0.05, 0) is 43.3 Å². The number of rotatable bonds is 6. The van der Waals surface area contributed by atoms with Gasteiger partial charge in [-0.3, -0.25) is 14.4 Å². The fourth-order valence-electron chi connectivity index (χ4n) is 6.62. The molecule has 3 aliphatic heterocycles. The van der Waals surface area contributed by atoms with Crippen LogP contribution in [0.3, 0.4) is 0 Å². The van der Waals surface area contributed by atoms with Crippen molar-refractivity contribution in [3.8, 4) is 11.8 Å². The second-order valence-corrected chi connectivity index (χ2v) is 10.6. The molecule has 3 saturated heterocycles. The van der Waals surface area contributed by atoms with Crippen molar-refractivity contribution in [3.05, 3.63) is 66.2 Å². The zero-order valence-electron chi connectivity index (χ0n) is 21.5. The lowest BCUT2D eigenvalue weighted by atomic mass is 9.66. The molecule has 0 radical (unpaired) electrons. The quantitative estimate of drug-likeness (QED) is 0.471. The molecule has 198 valence electrons. The molecule has 0 saturated carbocycles. The van der Waals surface area contributed by atoms with Crippen LogP contribution in [-0.2, 0) is 19.1 Å². The molecule has 9 heteroatoms. The molecule has 2 bridgehead atoms. The lowest BCUT2D eigenvalue weighted by molar-refractivity contribution is -0.134. The van der Waals surface area contributed by atoms with Gasteiger partial charge in [0, 0.05) is 36.2 Å². The number of benzene rings is 3. The smallest absolute Gasteiger partial charge is 0.240 e. The Bertz CT molecular complexity index is 1560. The second-order valence-electron chi connectivity index (χ2n) is 10.6. The summed E-state index contributed by atoms with van der Waals surface area (Å²) in [6, 6.07) is 19.5. The summed E-state index contributed by atoms with van der Waals surface area (Å²) in [4.78, 5) is 40.3. The van der Waals surface area contributed by atoms with Gasteiger partial charge in [-0.2, -0.15) is 5.26 Å². The van der Waals surface area contributed by atoms with Crippen LogP contribution in [0.5, 0.6) is 5.75 Å². The molecular weight excluding hydrogens is 498 g/mol. The number of hydrogen-bond donors (Lipinski definition) is 2. The molecule has 3 aromatic rings. The molecule has 0 aliphatic carbocycles. The van der Waals surface area contributed by atoms with Gasteiger partial charge in [-0.15, -0.1) is 0 Å². The fourth-order valence-corrected chi connectivity index (χ4v) is 6.62. The van der Waals surface area contributed by atoms with E-state index in [9.17, 15) is 24.8 Å². The van der Waals surface area contributed by atoms with Crippen LogP contribution in [0.25, 0.3) is 10.8 Å². The maximum atomic E-state index is 14.0. The van der Waals surface area contributed by atoms with E-state index in [0.717, 1.165) is 0 Å². The number of nitriles is 1. The maximum absolute atomic E-state index is 14.0. The number of ether oxygens (including phenoxy) is 2. The van der Waals surface area contributed by atoms with Gasteiger partial charge in [-0.25, -0.2) is 4.90 Å². The van der Waals surface area contributed by atoms with Crippen LogP contribution in [0, 0.1) is 23.2 Å². The predicted octanol–water partition coefficient (Wildman–Crippen LogP) is 3.54. The summed E-state index contributed by atoms with van der Waals surface area (Å²) in [7, 11) is 0. The summed E-state index contributed by atoms with van der Waals surface area (Å²) in [5.41, 5.74) is -0.723. The van der Waals surface area contributed by atoms with E-state index in [1.165, 1.54) is 11.8 Å². The molecule has 3 fully saturated rings. The van der Waals surface area contributed by atoms with Crippen LogP contribution in [0.2, 0.25) is 0 Å². The van der Waals surface area contributed by atoms with Gasteiger partial charge in [0.15, 0.2) is 0 Å². The van der Waals surface area contributed by atoms with E-state index in [1.54, 1.807) is 61.5 Å². The molecular formula is C30H27N3O6. The number of hydrogen-bond acceptors (Lipinski definition) is 7. The van der Waals surface area contributed by atoms with E-state index in [1.807, 2.05) is 6.07 Å². The highest BCUT2D eigenvalue weighted by Crippen LogP contribution is 2.62. The third-order valence-electron chi connectivity index (χ3n) is 8.35. The largest absolute Gasteiger partial charge is 0.493 e. The molecule has 3 heterocycles. The summed E-state index contributed by atoms with van der Waals surface area (Å²) in [5, 5.41) is 24.5. The molecule has 3 amide bonds. The van der Waals surface area contributed by atoms with E-state index >= 15 is 0 Å². The van der Waals surface area contributed by atoms with Gasteiger partial charge >= 0.3 is 0 Å². The molecule has 9 nitrogen and oxygen atoms in total. The Morgan fingerprint density at radius 1 is 1.10 bits per heavy atom. The van der Waals surface area contributed by atoms with Crippen LogP contribution in [0.1, 0.15) is 32.3 Å². The number of nitrogens with one attached hydrogen (secondary N) is 1. The number of anilines is 2. The van der Waals surface area contributed by atoms with Crippen molar-refractivity contribution in [2.45, 2.75) is 44.0 Å². The van der Waals surface area contributed by atoms with E-state index in [4.69, 9.17) is 9.47 Å². The summed E-state index contributed by atoms with van der Waals surface area (Å²) in [6.45, 7) is 3.34. The molecule has 3 aliphatic rings. The highest BCUT2D eigenvalue weighted by Gasteiger charge is 2.77. The second kappa shape index (κ2) is 8.90. The van der Waals surface area contributed by atoms with Crippen molar-refractivity contribution in [1.82, 2.24) is 0 Å². The van der Waals surface area contributed by atoms with E-state index in [-0.39, 0.29) is 24.8 Å². The third-order valence-corrected chi connectivity index (χ3v) is 8.35. The number of amides is 3. The fraction of sp³-hybridized carbons (Fsp3) is 0.333. The van der Waals surface area contributed by atoms with Crippen molar-refractivity contribution < 1.29 is 29.0 Å². The molecule has 39 heavy (non-hydrogen) atoms. The number of carbonyl (C=O) groups excluding carboxylic acids is 3. The Morgan fingerprint density at radius 3 is 2.49 bits per heavy atom. The minimum atomic E-state index is -1.20. The van der Waals surface area contributed by atoms with Gasteiger partial charge < -0.3 is 19.9 Å². The number of imide groups is 1. The standard InChI is InChI=1S/C30H27N3O6/c1-17(34)32-19-8-10-20(11-9-19)38-14-13-30-15-24(35)29(2,39-30)25-26(30)28(37)33(27(25)36)23-12-7-18(16-31)21-5-3-4-6-22(21)23/h3-12,24-26,35H,13-15H2,1-2H3,(H,32,34)/t24-,25-,26+,29-,30+/m0/s1. The van der Waals surface area contributed by atoms with Crippen molar-refractivity contribution in [1.29, 1.82) is 5.26 Å². The Balaban J connectivity index is 1.29. The van der Waals surface area contributed by atoms with Crippen LogP contribution < -0.4 is 15.0 Å². The monoisotopic (exact) mass is 525 g/mol. The highest BCUT2D eigenvalue weighted by atomic mass is 16.6. The predicted molar refractivity (Wildman–Crippen MR) is 142 cm³/mol. The molecule has 3 aromatic carbocycles. The first-order valence-electron chi connectivity index (χ1n) is 12.9. The summed E-state index contributed by atoms with van der Waals surface area (Å²) in [6.07, 6.45) is -0.392. The number of aliphatic hydroxyl groups excluding tert-OH is 1. The first-order chi connectivity index (χ1) is 18.7. The number of carbonyl (C=O) groups is 3. The van der Waals surface area contributed by atoms with Crippen molar-refractivity contribution >= 4 is 39.9 Å². The lowest BCUT2D eigenvalue weighted by Gasteiger charge is -2.33. The van der Waals surface area contributed by atoms with E-state index in [0.29, 0.717) is 39.9 Å². The van der Waals surface area contributed by atoms with Gasteiger partial charge in [-0.1, -0.05) is 24.3 Å². The van der Waals surface area contributed by atoms with Gasteiger partial charge in [0.2, 0.25) is 17.7 Å². The summed E-state index contributed by atoms with van der Waals surface area (Å²) < 4.78 is 12.3. The van der Waals surface area contributed by atoms with Gasteiger partial charge in [0.1, 0.15) is 11.4 Å². The normalized spacial score (nSPS) is 29.0. The first kappa shape index (κ1) is 25.0. The minimum Gasteiger partial charge on any atom is -0.493 e. The van der Waals surface area contributed by atoms with E-state index < -0.39 is 35.0 Å². The molecule has 5 atom stereocenters. The zero-order chi connectivity index (χ0) is 27.5. The van der Waals surface area contributed by atoms with Crippen LogP contribution in [0.15, 0.2) is 60.7 Å². The maximum Gasteiger partial charge on any atom is 0.240 e. The first-order valence-corrected chi connectivity index (χ1v) is 12.9. The average Bonchev–Trinajstić information content (AvgIpc) is 3.45. The number of aliphatic hydroxyl groups is 1. The molecule has 0 aromatic heterocycles. The van der Waals surface area contributed by atoms with Crippen molar-refractivity contribution in [2.24, 2.45) is 11.8 Å². The topological polar surface area (TPSA) is 129 Å². The highest BCUT2D eigenvalue weighted by molar-refractivity contribution is 6.26. The van der Waals surface area contributed by atoms with Crippen LogP contribution in [-0.4, -0.2) is 46.7 Å². The molecule has 2 N–H and O–H groups in total. The minimum absolute atomic E-state index is 0.169. The van der Waals surface area contributed by atoms with Gasteiger partial charge in [0.05, 0.1) is 47.5 Å². The molecule has 6 rings (SSSR count). The van der Waals surface area contributed by atoms with Gasteiger partial charge in [0.25, 0.3) is 0 Å². The number of nitrogens with zero attached hydrogens (tertiary/aromatic N) is 2. The average molecular weight is 526 g/mol. The van der Waals surface area contributed by atoms with Crippen LogP contribution >= 0.6 is 0 Å². The third kappa shape index (κ3) is 3.71. The molecule has 0 spiro atoms. The number of fused-ring (bicyclic) bond motifs is 6. The Kier molecular flexibility index (Phi) is 5.72. The van der Waals surface area contributed by atoms with Crippen molar-refractivity contribution in [2.75, 3.05) is 16.8 Å². The SMILES string of the molecule is CC(=O)Nc1ccc(OCC[C@]23C[C@H](O)[C@](C)(O2)[C@@H]2C(=O)N(c4ccc(C#N)c5ccccc45)C(=O)[C@@H]23)cc1. The summed E-state index contributed by atoms with van der Waals surface area (Å²) in [5.74, 6) is -1.96. The Morgan fingerprint density at radius 2 is 1.79 bits per heavy atom. The molecule has 0 unspecified atom stereocenters. The zero-order valence-corrected chi connectivity index (χ0v) is 21.5. The van der Waals surface area contributed by atoms with E-state index in [2.05, 4.69) is 11.4 Å². The van der Waals surface area contributed by atoms with Crippen LogP contribution in [0.4, 0.5) is 11.4 Å². The Labute approximate surface area is 224 Å². The summed E-state index contributed by atoms with van der Waals surface area (Å²) >= 11 is 0.